The summed E-state index contributed by atoms with van der Waals surface area (Å²) in [5.74, 6) is -3.00. The van der Waals surface area contributed by atoms with Crippen LogP contribution in [-0.4, -0.2) is 23.0 Å². The van der Waals surface area contributed by atoms with Crippen LogP contribution < -0.4 is 16.4 Å². The molecular formula is C6H13NNiO6. The Hall–Kier alpha value is -1.14. The maximum Gasteiger partial charge on any atom is 2.00 e. The van der Waals surface area contributed by atoms with Gasteiger partial charge in [0.05, 0.1) is 0 Å². The minimum atomic E-state index is -1.08. The van der Waals surface area contributed by atoms with Gasteiger partial charge in [0.25, 0.3) is 5.97 Å². The molecule has 0 atom stereocenters. The van der Waals surface area contributed by atoms with E-state index in [1.165, 1.54) is 0 Å². The second-order valence-corrected chi connectivity index (χ2v) is 1.50. The number of hydrogen-bond acceptors (Lipinski definition) is 6. The molecule has 0 amide bonds. The third-order valence-corrected chi connectivity index (χ3v) is 0. The number of carbonyl (C=O) groups is 3. The fraction of sp³-hybridized carbons (Fsp3) is 0.500. The summed E-state index contributed by atoms with van der Waals surface area (Å²) in [6, 6.07) is 0. The molecule has 0 rings (SSSR count). The second-order valence-electron chi connectivity index (χ2n) is 1.50. The summed E-state index contributed by atoms with van der Waals surface area (Å²) >= 11 is 0. The Bertz CT molecular complexity index is 120. The molecule has 0 aromatic heterocycles. The minimum Gasteiger partial charge on any atom is -0.550 e. The van der Waals surface area contributed by atoms with E-state index >= 15 is 0 Å². The Morgan fingerprint density at radius 3 is 0.929 bits per heavy atom. The third kappa shape index (κ3) is 818. The standard InChI is InChI=1S/3C2H4O2.H3N.Ni/c3*1-2(3)4;;/h3*1H3,(H,3,4);1H3;/q;;;;+2/p-2. The first-order valence-corrected chi connectivity index (χ1v) is 2.74. The van der Waals surface area contributed by atoms with Crippen molar-refractivity contribution in [1.82, 2.24) is 6.15 Å². The zero-order chi connectivity index (χ0) is 10.7. The van der Waals surface area contributed by atoms with Crippen molar-refractivity contribution in [2.45, 2.75) is 20.8 Å². The van der Waals surface area contributed by atoms with Crippen LogP contribution in [0.2, 0.25) is 0 Å². The van der Waals surface area contributed by atoms with Gasteiger partial charge in [-0.1, -0.05) is 0 Å². The van der Waals surface area contributed by atoms with Crippen molar-refractivity contribution in [2.75, 3.05) is 0 Å². The fourth-order valence-corrected chi connectivity index (χ4v) is 0. The predicted octanol–water partition coefficient (Wildman–Crippen LogP) is -2.24. The van der Waals surface area contributed by atoms with Gasteiger partial charge >= 0.3 is 16.5 Å². The van der Waals surface area contributed by atoms with E-state index in [9.17, 15) is 0 Å². The Labute approximate surface area is 91.6 Å². The van der Waals surface area contributed by atoms with Crippen LogP contribution in [0.25, 0.3) is 0 Å². The number of rotatable bonds is 0. The normalized spacial score (nSPS) is 5.36. The van der Waals surface area contributed by atoms with Gasteiger partial charge in [-0.15, -0.1) is 0 Å². The van der Waals surface area contributed by atoms with Gasteiger partial charge in [-0.05, 0) is 13.8 Å². The Balaban J connectivity index is -0.0000000270. The molecule has 0 aliphatic carbocycles. The molecule has 0 radical (unpaired) electrons. The fourth-order valence-electron chi connectivity index (χ4n) is 0. The topological polar surface area (TPSA) is 153 Å². The molecule has 0 aliphatic rings. The van der Waals surface area contributed by atoms with E-state index < -0.39 is 17.9 Å². The van der Waals surface area contributed by atoms with E-state index in [2.05, 4.69) is 0 Å². The van der Waals surface area contributed by atoms with Gasteiger partial charge in [-0.25, -0.2) is 0 Å². The smallest absolute Gasteiger partial charge is 0.550 e. The third-order valence-electron chi connectivity index (χ3n) is 0. The summed E-state index contributed by atoms with van der Waals surface area (Å²) in [4.78, 5) is 26.8. The molecule has 0 unspecified atom stereocenters. The Morgan fingerprint density at radius 1 is 0.929 bits per heavy atom. The molecular weight excluding hydrogens is 241 g/mol. The second kappa shape index (κ2) is 22.6. The molecule has 0 aromatic carbocycles. The summed E-state index contributed by atoms with van der Waals surface area (Å²) in [7, 11) is 0. The van der Waals surface area contributed by atoms with Gasteiger partial charge in [0.2, 0.25) is 0 Å². The molecule has 7 nitrogen and oxygen atoms in total. The van der Waals surface area contributed by atoms with Gasteiger partial charge in [-0.2, -0.15) is 0 Å². The number of hydrogen-bond donors (Lipinski definition) is 2. The zero-order valence-electron chi connectivity index (χ0n) is 8.01. The largest absolute Gasteiger partial charge is 2.00 e. The molecule has 0 aromatic rings. The van der Waals surface area contributed by atoms with Crippen molar-refractivity contribution in [2.24, 2.45) is 0 Å². The van der Waals surface area contributed by atoms with E-state index in [0.717, 1.165) is 20.8 Å². The zero-order valence-corrected chi connectivity index (χ0v) is 9.00. The minimum absolute atomic E-state index is 0. The molecule has 8 heteroatoms. The number of carboxylic acids is 3. The first-order valence-electron chi connectivity index (χ1n) is 2.74. The van der Waals surface area contributed by atoms with Crippen molar-refractivity contribution >= 4 is 17.9 Å². The SMILES string of the molecule is CC(=O)O.CC(=O)[O-].CC(=O)[O-].N.[Ni+2]. The molecule has 14 heavy (non-hydrogen) atoms. The van der Waals surface area contributed by atoms with Crippen molar-refractivity contribution in [3.05, 3.63) is 0 Å². The summed E-state index contributed by atoms with van der Waals surface area (Å²) in [6.45, 7) is 3.03. The van der Waals surface area contributed by atoms with Gasteiger partial charge in [0.15, 0.2) is 0 Å². The van der Waals surface area contributed by atoms with Crippen LogP contribution >= 0.6 is 0 Å². The van der Waals surface area contributed by atoms with E-state index in [1.807, 2.05) is 0 Å². The molecule has 0 bridgehead atoms. The van der Waals surface area contributed by atoms with E-state index in [4.69, 9.17) is 29.7 Å². The maximum atomic E-state index is 9.00. The first-order chi connectivity index (χ1) is 5.20. The average Bonchev–Trinajstić information content (AvgIpc) is 1.54. The van der Waals surface area contributed by atoms with Gasteiger partial charge in [-0.3, -0.25) is 4.79 Å². The number of aliphatic carboxylic acids is 3. The number of carboxylic acid groups (broad SMARTS) is 3. The molecule has 4 N–H and O–H groups in total. The van der Waals surface area contributed by atoms with Crippen LogP contribution in [0.4, 0.5) is 0 Å². The first kappa shape index (κ1) is 29.3. The van der Waals surface area contributed by atoms with Crippen LogP contribution in [0.15, 0.2) is 0 Å². The Kier molecular flexibility index (Phi) is 47.4. The number of carbonyl (C=O) groups excluding carboxylic acids is 2. The summed E-state index contributed by atoms with van der Waals surface area (Å²) < 4.78 is 0. The summed E-state index contributed by atoms with van der Waals surface area (Å²) in [5.41, 5.74) is 0. The van der Waals surface area contributed by atoms with Crippen molar-refractivity contribution in [3.63, 3.8) is 0 Å². The van der Waals surface area contributed by atoms with Crippen LogP contribution in [0.1, 0.15) is 20.8 Å². The summed E-state index contributed by atoms with van der Waals surface area (Å²) in [6.07, 6.45) is 0. The van der Waals surface area contributed by atoms with Gasteiger partial charge < -0.3 is 31.1 Å². The van der Waals surface area contributed by atoms with E-state index in [-0.39, 0.29) is 22.6 Å². The van der Waals surface area contributed by atoms with Crippen molar-refractivity contribution in [1.29, 1.82) is 0 Å². The van der Waals surface area contributed by atoms with Crippen LogP contribution in [0, 0.1) is 0 Å². The monoisotopic (exact) mass is 253 g/mol. The average molecular weight is 254 g/mol. The summed E-state index contributed by atoms with van der Waals surface area (Å²) in [5, 5.41) is 25.2. The predicted molar refractivity (Wildman–Crippen MR) is 39.7 cm³/mol. The van der Waals surface area contributed by atoms with E-state index in [0.29, 0.717) is 0 Å². The molecule has 88 valence electrons. The maximum absolute atomic E-state index is 9.00. The molecule has 0 saturated carbocycles. The van der Waals surface area contributed by atoms with Crippen LogP contribution in [0.5, 0.6) is 0 Å². The quantitative estimate of drug-likeness (QED) is 0.463. The van der Waals surface area contributed by atoms with Gasteiger partial charge in [0, 0.05) is 18.9 Å². The molecule has 0 fully saturated rings. The van der Waals surface area contributed by atoms with E-state index in [1.54, 1.807) is 0 Å². The van der Waals surface area contributed by atoms with Crippen LogP contribution in [0.3, 0.4) is 0 Å². The van der Waals surface area contributed by atoms with Crippen molar-refractivity contribution in [3.8, 4) is 0 Å². The molecule has 0 saturated heterocycles. The Morgan fingerprint density at radius 2 is 0.929 bits per heavy atom. The molecule has 0 aliphatic heterocycles. The van der Waals surface area contributed by atoms with Gasteiger partial charge in [0.1, 0.15) is 0 Å². The molecule has 0 heterocycles. The molecule has 0 spiro atoms. The van der Waals surface area contributed by atoms with Crippen molar-refractivity contribution < 1.29 is 46.2 Å². The van der Waals surface area contributed by atoms with Crippen LogP contribution in [-0.2, 0) is 30.9 Å².